The Balaban J connectivity index is 1.61. The Bertz CT molecular complexity index is 899. The molecule has 8 heteroatoms. The summed E-state index contributed by atoms with van der Waals surface area (Å²) in [6, 6.07) is 7.80. The Kier molecular flexibility index (Phi) is 6.00. The van der Waals surface area contributed by atoms with E-state index in [1.807, 2.05) is 76.4 Å². The number of para-hydroxylation sites is 1. The molecule has 0 radical (unpaired) electrons. The number of amides is 1. The van der Waals surface area contributed by atoms with E-state index < -0.39 is 5.97 Å². The van der Waals surface area contributed by atoms with Crippen LogP contribution in [0.2, 0.25) is 0 Å². The molecule has 1 aliphatic heterocycles. The summed E-state index contributed by atoms with van der Waals surface area (Å²) < 4.78 is 7.81. The third-order valence-electron chi connectivity index (χ3n) is 4.14. The van der Waals surface area contributed by atoms with Gasteiger partial charge >= 0.3 is 5.97 Å². The molecule has 0 fully saturated rings. The van der Waals surface area contributed by atoms with Gasteiger partial charge in [0.2, 0.25) is 5.43 Å². The molecule has 0 N–H and O–H groups in total. The molecular formula is C18H16I2N2O4. The van der Waals surface area contributed by atoms with E-state index in [1.165, 1.54) is 0 Å². The smallest absolute Gasteiger partial charge is 0.326 e. The summed E-state index contributed by atoms with van der Waals surface area (Å²) in [6.45, 7) is 1.63. The normalized spacial score (nSPS) is 15.7. The van der Waals surface area contributed by atoms with Crippen LogP contribution in [-0.4, -0.2) is 29.1 Å². The molecule has 3 rings (SSSR count). The largest absolute Gasteiger partial charge is 0.454 e. The number of halogens is 2. The van der Waals surface area contributed by atoms with Crippen LogP contribution >= 0.6 is 45.2 Å². The summed E-state index contributed by atoms with van der Waals surface area (Å²) in [5.74, 6) is -0.756. The van der Waals surface area contributed by atoms with Crippen molar-refractivity contribution in [2.24, 2.45) is 0 Å². The molecule has 6 nitrogen and oxygen atoms in total. The highest BCUT2D eigenvalue weighted by atomic mass is 127. The first-order valence-electron chi connectivity index (χ1n) is 7.97. The van der Waals surface area contributed by atoms with Crippen LogP contribution in [0.25, 0.3) is 0 Å². The summed E-state index contributed by atoms with van der Waals surface area (Å²) in [5.41, 5.74) is 1.94. The molecular weight excluding hydrogens is 562 g/mol. The van der Waals surface area contributed by atoms with Crippen molar-refractivity contribution >= 4 is 62.7 Å². The number of fused-ring (bicyclic) bond motifs is 1. The number of pyridine rings is 1. The minimum Gasteiger partial charge on any atom is -0.454 e. The molecule has 0 bridgehead atoms. The first-order valence-corrected chi connectivity index (χ1v) is 10.1. The minimum atomic E-state index is -0.520. The van der Waals surface area contributed by atoms with Crippen molar-refractivity contribution in [2.75, 3.05) is 11.5 Å². The number of hydrogen-bond acceptors (Lipinski definition) is 4. The van der Waals surface area contributed by atoms with Crippen LogP contribution in [0.15, 0.2) is 41.5 Å². The average Bonchev–Trinajstić information content (AvgIpc) is 2.93. The number of esters is 1. The molecule has 0 unspecified atom stereocenters. The van der Waals surface area contributed by atoms with Gasteiger partial charge in [-0.1, -0.05) is 18.2 Å². The van der Waals surface area contributed by atoms with E-state index in [0.29, 0.717) is 7.14 Å². The summed E-state index contributed by atoms with van der Waals surface area (Å²) in [6.07, 6.45) is 3.98. The Morgan fingerprint density at radius 1 is 1.19 bits per heavy atom. The fraction of sp³-hybridized carbons (Fsp3) is 0.278. The Morgan fingerprint density at radius 3 is 2.54 bits per heavy atom. The molecule has 1 aromatic carbocycles. The number of carbonyl (C=O) groups is 2. The molecule has 0 saturated heterocycles. The monoisotopic (exact) mass is 578 g/mol. The highest BCUT2D eigenvalue weighted by Gasteiger charge is 2.30. The van der Waals surface area contributed by atoms with Crippen molar-refractivity contribution in [1.82, 2.24) is 4.57 Å². The van der Waals surface area contributed by atoms with Crippen molar-refractivity contribution in [2.45, 2.75) is 25.9 Å². The van der Waals surface area contributed by atoms with E-state index in [4.69, 9.17) is 4.74 Å². The molecule has 1 amide bonds. The van der Waals surface area contributed by atoms with Crippen LogP contribution in [0.5, 0.6) is 0 Å². The van der Waals surface area contributed by atoms with Gasteiger partial charge in [-0.2, -0.15) is 0 Å². The number of anilines is 1. The predicted octanol–water partition coefficient (Wildman–Crippen LogP) is 2.58. The summed E-state index contributed by atoms with van der Waals surface area (Å²) in [4.78, 5) is 38.0. The van der Waals surface area contributed by atoms with Gasteiger partial charge in [0.05, 0.1) is 7.14 Å². The topological polar surface area (TPSA) is 68.6 Å². The van der Waals surface area contributed by atoms with Gasteiger partial charge in [0, 0.05) is 24.1 Å². The van der Waals surface area contributed by atoms with Crippen LogP contribution in [0.4, 0.5) is 5.69 Å². The zero-order chi connectivity index (χ0) is 18.8. The van der Waals surface area contributed by atoms with Crippen molar-refractivity contribution in [1.29, 1.82) is 0 Å². The van der Waals surface area contributed by atoms with Gasteiger partial charge in [-0.3, -0.25) is 14.4 Å². The van der Waals surface area contributed by atoms with Crippen molar-refractivity contribution in [3.05, 3.63) is 59.6 Å². The maximum Gasteiger partial charge on any atom is 0.326 e. The first-order chi connectivity index (χ1) is 12.4. The van der Waals surface area contributed by atoms with Gasteiger partial charge in [-0.15, -0.1) is 0 Å². The zero-order valence-corrected chi connectivity index (χ0v) is 18.3. The van der Waals surface area contributed by atoms with E-state index in [9.17, 15) is 14.4 Å². The maximum absolute atomic E-state index is 12.5. The number of hydrogen-bond donors (Lipinski definition) is 0. The van der Waals surface area contributed by atoms with Gasteiger partial charge in [0.25, 0.3) is 5.91 Å². The zero-order valence-electron chi connectivity index (χ0n) is 13.9. The summed E-state index contributed by atoms with van der Waals surface area (Å²) >= 11 is 3.86. The number of ether oxygens (including phenoxy) is 1. The quantitative estimate of drug-likeness (QED) is 0.414. The molecule has 1 aliphatic rings. The average molecular weight is 578 g/mol. The van der Waals surface area contributed by atoms with Crippen molar-refractivity contribution < 1.29 is 14.3 Å². The van der Waals surface area contributed by atoms with Crippen LogP contribution in [-0.2, 0) is 27.3 Å². The molecule has 2 aromatic rings. The highest BCUT2D eigenvalue weighted by Crippen LogP contribution is 2.31. The third-order valence-corrected chi connectivity index (χ3v) is 5.67. The van der Waals surface area contributed by atoms with Crippen LogP contribution in [0.3, 0.4) is 0 Å². The van der Waals surface area contributed by atoms with Crippen molar-refractivity contribution in [3.63, 3.8) is 0 Å². The molecule has 1 atom stereocenters. The van der Waals surface area contributed by atoms with Gasteiger partial charge in [0.1, 0.15) is 6.54 Å². The second kappa shape index (κ2) is 8.07. The van der Waals surface area contributed by atoms with E-state index in [-0.39, 0.29) is 30.5 Å². The second-order valence-corrected chi connectivity index (χ2v) is 8.39. The number of carbonyl (C=O) groups excluding carboxylic acids is 2. The minimum absolute atomic E-state index is 0.0423. The fourth-order valence-electron chi connectivity index (χ4n) is 3.00. The molecule has 2 heterocycles. The third kappa shape index (κ3) is 4.11. The SMILES string of the molecule is C[C@@H]1Cc2ccccc2N1C(=O)COC(=O)Cn1cc(I)c(=O)c(I)c1. The lowest BCUT2D eigenvalue weighted by Gasteiger charge is -2.22. The Hall–Kier alpha value is -1.43. The van der Waals surface area contributed by atoms with Crippen LogP contribution < -0.4 is 10.3 Å². The van der Waals surface area contributed by atoms with E-state index >= 15 is 0 Å². The lowest BCUT2D eigenvalue weighted by atomic mass is 10.1. The van der Waals surface area contributed by atoms with Crippen LogP contribution in [0.1, 0.15) is 12.5 Å². The molecule has 0 aliphatic carbocycles. The number of nitrogens with zero attached hydrogens (tertiary/aromatic N) is 2. The summed E-state index contributed by atoms with van der Waals surface area (Å²) in [5, 5.41) is 0. The van der Waals surface area contributed by atoms with E-state index in [2.05, 4.69) is 0 Å². The second-order valence-electron chi connectivity index (χ2n) is 6.06. The van der Waals surface area contributed by atoms with E-state index in [1.54, 1.807) is 21.9 Å². The molecule has 1 aromatic heterocycles. The van der Waals surface area contributed by atoms with Gasteiger partial charge < -0.3 is 14.2 Å². The molecule has 26 heavy (non-hydrogen) atoms. The molecule has 0 spiro atoms. The van der Waals surface area contributed by atoms with Gasteiger partial charge in [0.15, 0.2) is 6.61 Å². The number of benzene rings is 1. The lowest BCUT2D eigenvalue weighted by Crippen LogP contribution is -2.39. The first kappa shape index (κ1) is 19.3. The van der Waals surface area contributed by atoms with E-state index in [0.717, 1.165) is 17.7 Å². The lowest BCUT2D eigenvalue weighted by molar-refractivity contribution is -0.148. The van der Waals surface area contributed by atoms with Crippen LogP contribution in [0, 0.1) is 7.14 Å². The number of aromatic nitrogens is 1. The summed E-state index contributed by atoms with van der Waals surface area (Å²) in [7, 11) is 0. The number of rotatable bonds is 4. The standard InChI is InChI=1S/C18H16I2N2O4/c1-11-6-12-4-2-3-5-15(12)22(11)16(23)10-26-17(24)9-21-7-13(19)18(25)14(20)8-21/h2-5,7-8,11H,6,9-10H2,1H3/t11-/m1/s1. The van der Waals surface area contributed by atoms with Crippen molar-refractivity contribution in [3.8, 4) is 0 Å². The van der Waals surface area contributed by atoms with Gasteiger partial charge in [-0.25, -0.2) is 0 Å². The Morgan fingerprint density at radius 2 is 1.85 bits per heavy atom. The molecule has 136 valence electrons. The highest BCUT2D eigenvalue weighted by molar-refractivity contribution is 14.1. The maximum atomic E-state index is 12.5. The predicted molar refractivity (Wildman–Crippen MR) is 114 cm³/mol. The fourth-order valence-corrected chi connectivity index (χ4v) is 4.82. The molecule has 0 saturated carbocycles. The van der Waals surface area contributed by atoms with Gasteiger partial charge in [-0.05, 0) is 70.2 Å². The Labute approximate surface area is 177 Å².